The summed E-state index contributed by atoms with van der Waals surface area (Å²) in [7, 11) is 2.25. The molecule has 0 aliphatic carbocycles. The molecule has 1 heterocycles. The van der Waals surface area contributed by atoms with Gasteiger partial charge in [-0.2, -0.15) is 0 Å². The van der Waals surface area contributed by atoms with Crippen LogP contribution in [-0.4, -0.2) is 24.5 Å². The van der Waals surface area contributed by atoms with Crippen molar-refractivity contribution in [2.24, 2.45) is 5.92 Å². The largest absolute Gasteiger partial charge is 0.303 e. The summed E-state index contributed by atoms with van der Waals surface area (Å²) in [6.07, 6.45) is 4.15. The van der Waals surface area contributed by atoms with Crippen molar-refractivity contribution in [3.05, 3.63) is 0 Å². The van der Waals surface area contributed by atoms with Gasteiger partial charge in [-0.3, -0.25) is 0 Å². The van der Waals surface area contributed by atoms with Crippen molar-refractivity contribution < 1.29 is 0 Å². The highest BCUT2D eigenvalue weighted by molar-refractivity contribution is 4.80. The standard InChI is InChI=1S/C9H19N.C2H6/c1-4-5-9-6-8(2)7-10(9)3;1-2/h8-9H,4-7H2,1-3H3;1-2H3. The molecule has 12 heavy (non-hydrogen) atoms. The third-order valence-electron chi connectivity index (χ3n) is 2.52. The lowest BCUT2D eigenvalue weighted by atomic mass is 10.0. The number of hydrogen-bond donors (Lipinski definition) is 0. The quantitative estimate of drug-likeness (QED) is 0.617. The molecule has 0 saturated carbocycles. The van der Waals surface area contributed by atoms with Crippen molar-refractivity contribution in [3.8, 4) is 0 Å². The van der Waals surface area contributed by atoms with Crippen LogP contribution in [0.2, 0.25) is 0 Å². The van der Waals surface area contributed by atoms with E-state index in [-0.39, 0.29) is 0 Å². The highest BCUT2D eigenvalue weighted by Crippen LogP contribution is 2.23. The Balaban J connectivity index is 0.000000561. The van der Waals surface area contributed by atoms with Crippen LogP contribution in [0.5, 0.6) is 0 Å². The number of nitrogens with zero attached hydrogens (tertiary/aromatic N) is 1. The second-order valence-corrected chi connectivity index (χ2v) is 3.72. The second kappa shape index (κ2) is 6.47. The summed E-state index contributed by atoms with van der Waals surface area (Å²) >= 11 is 0. The second-order valence-electron chi connectivity index (χ2n) is 3.72. The van der Waals surface area contributed by atoms with Gasteiger partial charge in [-0.1, -0.05) is 34.1 Å². The highest BCUT2D eigenvalue weighted by atomic mass is 15.1. The van der Waals surface area contributed by atoms with Crippen molar-refractivity contribution >= 4 is 0 Å². The van der Waals surface area contributed by atoms with Gasteiger partial charge in [-0.25, -0.2) is 0 Å². The van der Waals surface area contributed by atoms with E-state index in [9.17, 15) is 0 Å². The minimum atomic E-state index is 0.889. The molecule has 1 saturated heterocycles. The summed E-state index contributed by atoms with van der Waals surface area (Å²) < 4.78 is 0. The van der Waals surface area contributed by atoms with E-state index in [1.807, 2.05) is 13.8 Å². The first-order valence-corrected chi connectivity index (χ1v) is 5.44. The Labute approximate surface area is 78.1 Å². The molecule has 0 aromatic rings. The predicted octanol–water partition coefficient (Wildman–Crippen LogP) is 3.15. The summed E-state index contributed by atoms with van der Waals surface area (Å²) in [4.78, 5) is 2.51. The highest BCUT2D eigenvalue weighted by Gasteiger charge is 2.24. The first-order chi connectivity index (χ1) is 5.74. The van der Waals surface area contributed by atoms with E-state index in [0.717, 1.165) is 12.0 Å². The Morgan fingerprint density at radius 2 is 1.92 bits per heavy atom. The summed E-state index contributed by atoms with van der Waals surface area (Å²) in [5.74, 6) is 0.932. The molecule has 0 bridgehead atoms. The molecule has 0 N–H and O–H groups in total. The van der Waals surface area contributed by atoms with Gasteiger partial charge in [-0.15, -0.1) is 0 Å². The summed E-state index contributed by atoms with van der Waals surface area (Å²) in [5, 5.41) is 0. The van der Waals surface area contributed by atoms with E-state index in [1.165, 1.54) is 25.8 Å². The van der Waals surface area contributed by atoms with Gasteiger partial charge in [0.15, 0.2) is 0 Å². The molecule has 1 fully saturated rings. The molecule has 1 heteroatoms. The number of rotatable bonds is 2. The Bertz CT molecular complexity index is 101. The lowest BCUT2D eigenvalue weighted by molar-refractivity contribution is 0.293. The van der Waals surface area contributed by atoms with Crippen LogP contribution in [0, 0.1) is 5.92 Å². The zero-order valence-electron chi connectivity index (χ0n) is 9.43. The third kappa shape index (κ3) is 3.57. The number of hydrogen-bond acceptors (Lipinski definition) is 1. The molecular formula is C11H25N. The fourth-order valence-corrected chi connectivity index (χ4v) is 2.03. The monoisotopic (exact) mass is 171 g/mol. The molecule has 0 aromatic heterocycles. The smallest absolute Gasteiger partial charge is 0.00952 e. The molecule has 0 spiro atoms. The lowest BCUT2D eigenvalue weighted by Gasteiger charge is -2.17. The minimum Gasteiger partial charge on any atom is -0.303 e. The molecule has 1 aliphatic rings. The molecule has 0 radical (unpaired) electrons. The van der Waals surface area contributed by atoms with Gasteiger partial charge in [-0.05, 0) is 25.8 Å². The lowest BCUT2D eigenvalue weighted by Crippen LogP contribution is -2.24. The van der Waals surface area contributed by atoms with Crippen molar-refractivity contribution in [2.75, 3.05) is 13.6 Å². The van der Waals surface area contributed by atoms with E-state index in [4.69, 9.17) is 0 Å². The molecule has 1 rings (SSSR count). The first kappa shape index (κ1) is 12.0. The summed E-state index contributed by atoms with van der Waals surface area (Å²) in [5.41, 5.74) is 0. The van der Waals surface area contributed by atoms with Gasteiger partial charge in [0.05, 0.1) is 0 Å². The van der Waals surface area contributed by atoms with Gasteiger partial charge in [0, 0.05) is 12.6 Å². The van der Waals surface area contributed by atoms with Crippen LogP contribution in [-0.2, 0) is 0 Å². The average Bonchev–Trinajstić information content (AvgIpc) is 2.35. The van der Waals surface area contributed by atoms with Crippen LogP contribution in [0.25, 0.3) is 0 Å². The number of likely N-dealkylation sites (tertiary alicyclic amines) is 1. The molecule has 1 aliphatic heterocycles. The molecular weight excluding hydrogens is 146 g/mol. The maximum atomic E-state index is 2.51. The molecule has 2 unspecified atom stereocenters. The average molecular weight is 171 g/mol. The van der Waals surface area contributed by atoms with E-state index < -0.39 is 0 Å². The van der Waals surface area contributed by atoms with Gasteiger partial charge in [0.2, 0.25) is 0 Å². The summed E-state index contributed by atoms with van der Waals surface area (Å²) in [6, 6.07) is 0.889. The van der Waals surface area contributed by atoms with Crippen molar-refractivity contribution in [1.29, 1.82) is 0 Å². The Hall–Kier alpha value is -0.0400. The van der Waals surface area contributed by atoms with E-state index in [1.54, 1.807) is 0 Å². The van der Waals surface area contributed by atoms with Crippen molar-refractivity contribution in [2.45, 2.75) is 53.0 Å². The van der Waals surface area contributed by atoms with E-state index >= 15 is 0 Å². The SMILES string of the molecule is CC.CCCC1CC(C)CN1C. The van der Waals surface area contributed by atoms with Crippen LogP contribution >= 0.6 is 0 Å². The Morgan fingerprint density at radius 3 is 2.25 bits per heavy atom. The zero-order valence-corrected chi connectivity index (χ0v) is 9.43. The fraction of sp³-hybridized carbons (Fsp3) is 1.00. The topological polar surface area (TPSA) is 3.24 Å². The maximum absolute atomic E-state index is 2.51. The molecule has 0 aromatic carbocycles. The predicted molar refractivity (Wildman–Crippen MR) is 56.5 cm³/mol. The van der Waals surface area contributed by atoms with Crippen LogP contribution in [0.1, 0.15) is 47.0 Å². The van der Waals surface area contributed by atoms with Crippen LogP contribution in [0.4, 0.5) is 0 Å². The Morgan fingerprint density at radius 1 is 1.33 bits per heavy atom. The maximum Gasteiger partial charge on any atom is 0.00952 e. The van der Waals surface area contributed by atoms with Crippen LogP contribution < -0.4 is 0 Å². The Kier molecular flexibility index (Phi) is 6.45. The van der Waals surface area contributed by atoms with E-state index in [0.29, 0.717) is 0 Å². The van der Waals surface area contributed by atoms with Gasteiger partial charge in [0.1, 0.15) is 0 Å². The summed E-state index contributed by atoms with van der Waals surface area (Å²) in [6.45, 7) is 9.94. The van der Waals surface area contributed by atoms with Crippen molar-refractivity contribution in [3.63, 3.8) is 0 Å². The molecule has 74 valence electrons. The first-order valence-electron chi connectivity index (χ1n) is 5.44. The van der Waals surface area contributed by atoms with Crippen LogP contribution in [0.15, 0.2) is 0 Å². The normalized spacial score (nSPS) is 29.8. The molecule has 0 amide bonds. The minimum absolute atomic E-state index is 0.889. The fourth-order valence-electron chi connectivity index (χ4n) is 2.03. The van der Waals surface area contributed by atoms with Gasteiger partial charge >= 0.3 is 0 Å². The van der Waals surface area contributed by atoms with Crippen LogP contribution in [0.3, 0.4) is 0 Å². The molecule has 1 nitrogen and oxygen atoms in total. The van der Waals surface area contributed by atoms with Crippen molar-refractivity contribution in [1.82, 2.24) is 4.90 Å². The molecule has 2 atom stereocenters. The zero-order chi connectivity index (χ0) is 9.56. The van der Waals surface area contributed by atoms with Gasteiger partial charge in [0.25, 0.3) is 0 Å². The van der Waals surface area contributed by atoms with Gasteiger partial charge < -0.3 is 4.90 Å². The third-order valence-corrected chi connectivity index (χ3v) is 2.52. The van der Waals surface area contributed by atoms with E-state index in [2.05, 4.69) is 25.8 Å².